The standard InChI is InChI=1S/C12H15N5/c1-9-5-6-10(7-14-9)8-15-11-3-2-4-12(16-11)17-13/h2-7H,8,13H2,1H3,(H2,15,16,17). The van der Waals surface area contributed by atoms with Crippen molar-refractivity contribution in [2.24, 2.45) is 5.84 Å². The van der Waals surface area contributed by atoms with Crippen LogP contribution in [-0.4, -0.2) is 9.97 Å². The second-order valence-electron chi connectivity index (χ2n) is 3.71. The van der Waals surface area contributed by atoms with Gasteiger partial charge in [-0.25, -0.2) is 10.8 Å². The van der Waals surface area contributed by atoms with E-state index in [1.807, 2.05) is 37.4 Å². The first-order valence-corrected chi connectivity index (χ1v) is 5.37. The Morgan fingerprint density at radius 3 is 2.71 bits per heavy atom. The quantitative estimate of drug-likeness (QED) is 0.549. The first-order chi connectivity index (χ1) is 8.28. The fourth-order valence-electron chi connectivity index (χ4n) is 1.41. The molecule has 2 heterocycles. The summed E-state index contributed by atoms with van der Waals surface area (Å²) in [5.41, 5.74) is 4.64. The Morgan fingerprint density at radius 1 is 1.18 bits per heavy atom. The van der Waals surface area contributed by atoms with Crippen LogP contribution in [0.25, 0.3) is 0 Å². The molecule has 0 fully saturated rings. The van der Waals surface area contributed by atoms with Gasteiger partial charge in [0.15, 0.2) is 0 Å². The summed E-state index contributed by atoms with van der Waals surface area (Å²) >= 11 is 0. The Bertz CT molecular complexity index is 481. The molecule has 0 aliphatic rings. The van der Waals surface area contributed by atoms with Crippen molar-refractivity contribution in [2.45, 2.75) is 13.5 Å². The largest absolute Gasteiger partial charge is 0.366 e. The molecule has 0 aromatic carbocycles. The van der Waals surface area contributed by atoms with Gasteiger partial charge in [0.05, 0.1) is 0 Å². The van der Waals surface area contributed by atoms with E-state index in [9.17, 15) is 0 Å². The van der Waals surface area contributed by atoms with Gasteiger partial charge in [0.1, 0.15) is 11.6 Å². The SMILES string of the molecule is Cc1ccc(CNc2cccc(NN)n2)cn1. The van der Waals surface area contributed by atoms with Crippen molar-refractivity contribution in [1.82, 2.24) is 9.97 Å². The number of hydrazine groups is 1. The second-order valence-corrected chi connectivity index (χ2v) is 3.71. The lowest BCUT2D eigenvalue weighted by atomic mass is 10.2. The zero-order chi connectivity index (χ0) is 12.1. The summed E-state index contributed by atoms with van der Waals surface area (Å²) in [6, 6.07) is 9.61. The molecule has 0 radical (unpaired) electrons. The minimum Gasteiger partial charge on any atom is -0.366 e. The zero-order valence-electron chi connectivity index (χ0n) is 9.64. The Kier molecular flexibility index (Phi) is 3.52. The number of nitrogens with zero attached hydrogens (tertiary/aromatic N) is 2. The van der Waals surface area contributed by atoms with E-state index >= 15 is 0 Å². The van der Waals surface area contributed by atoms with Crippen LogP contribution in [0.5, 0.6) is 0 Å². The molecule has 4 N–H and O–H groups in total. The average molecular weight is 229 g/mol. The molecule has 5 nitrogen and oxygen atoms in total. The van der Waals surface area contributed by atoms with Crippen molar-refractivity contribution < 1.29 is 0 Å². The van der Waals surface area contributed by atoms with Gasteiger partial charge in [-0.05, 0) is 30.7 Å². The molecular weight excluding hydrogens is 214 g/mol. The number of rotatable bonds is 4. The fraction of sp³-hybridized carbons (Fsp3) is 0.167. The van der Waals surface area contributed by atoms with Gasteiger partial charge in [-0.3, -0.25) is 4.98 Å². The molecule has 0 atom stereocenters. The summed E-state index contributed by atoms with van der Waals surface area (Å²) in [4.78, 5) is 8.49. The third-order valence-electron chi connectivity index (χ3n) is 2.34. The molecule has 0 spiro atoms. The van der Waals surface area contributed by atoms with Crippen molar-refractivity contribution in [2.75, 3.05) is 10.7 Å². The minimum absolute atomic E-state index is 0.636. The Morgan fingerprint density at radius 2 is 2.00 bits per heavy atom. The molecule has 0 bridgehead atoms. The highest BCUT2D eigenvalue weighted by molar-refractivity contribution is 5.44. The topological polar surface area (TPSA) is 75.9 Å². The lowest BCUT2D eigenvalue weighted by Gasteiger charge is -2.07. The third-order valence-corrected chi connectivity index (χ3v) is 2.34. The molecule has 0 unspecified atom stereocenters. The Balaban J connectivity index is 1.99. The molecular formula is C12H15N5. The number of aryl methyl sites for hydroxylation is 1. The van der Waals surface area contributed by atoms with Crippen LogP contribution in [0.4, 0.5) is 11.6 Å². The van der Waals surface area contributed by atoms with E-state index in [0.29, 0.717) is 12.4 Å². The van der Waals surface area contributed by atoms with E-state index in [1.165, 1.54) is 0 Å². The zero-order valence-corrected chi connectivity index (χ0v) is 9.64. The smallest absolute Gasteiger partial charge is 0.142 e. The van der Waals surface area contributed by atoms with Crippen molar-refractivity contribution in [3.8, 4) is 0 Å². The molecule has 2 aromatic heterocycles. The van der Waals surface area contributed by atoms with Gasteiger partial charge in [-0.1, -0.05) is 12.1 Å². The van der Waals surface area contributed by atoms with Crippen molar-refractivity contribution in [3.05, 3.63) is 47.8 Å². The number of hydrogen-bond acceptors (Lipinski definition) is 5. The van der Waals surface area contributed by atoms with Crippen LogP contribution in [0.2, 0.25) is 0 Å². The predicted octanol–water partition coefficient (Wildman–Crippen LogP) is 1.68. The Hall–Kier alpha value is -2.14. The van der Waals surface area contributed by atoms with Gasteiger partial charge >= 0.3 is 0 Å². The van der Waals surface area contributed by atoms with Crippen LogP contribution < -0.4 is 16.6 Å². The number of nitrogens with two attached hydrogens (primary N) is 1. The summed E-state index contributed by atoms with van der Waals surface area (Å²) < 4.78 is 0. The number of pyridine rings is 2. The molecule has 5 heteroatoms. The van der Waals surface area contributed by atoms with E-state index in [4.69, 9.17) is 5.84 Å². The summed E-state index contributed by atoms with van der Waals surface area (Å²) in [7, 11) is 0. The summed E-state index contributed by atoms with van der Waals surface area (Å²) in [5, 5.41) is 3.21. The average Bonchev–Trinajstić information content (AvgIpc) is 2.38. The van der Waals surface area contributed by atoms with E-state index in [2.05, 4.69) is 20.7 Å². The summed E-state index contributed by atoms with van der Waals surface area (Å²) in [6.07, 6.45) is 1.85. The van der Waals surface area contributed by atoms with Gasteiger partial charge in [0.2, 0.25) is 0 Å². The lowest BCUT2D eigenvalue weighted by Crippen LogP contribution is -2.09. The van der Waals surface area contributed by atoms with Crippen molar-refractivity contribution >= 4 is 11.6 Å². The van der Waals surface area contributed by atoms with Crippen LogP contribution in [0.3, 0.4) is 0 Å². The first-order valence-electron chi connectivity index (χ1n) is 5.37. The number of aromatic nitrogens is 2. The first kappa shape index (κ1) is 11.3. The molecule has 0 aliphatic carbocycles. The minimum atomic E-state index is 0.636. The lowest BCUT2D eigenvalue weighted by molar-refractivity contribution is 1.07. The van der Waals surface area contributed by atoms with E-state index in [-0.39, 0.29) is 0 Å². The number of nitrogen functional groups attached to an aromatic ring is 1. The third kappa shape index (κ3) is 3.15. The maximum absolute atomic E-state index is 5.29. The molecule has 17 heavy (non-hydrogen) atoms. The van der Waals surface area contributed by atoms with Crippen LogP contribution in [0.15, 0.2) is 36.5 Å². The van der Waals surface area contributed by atoms with Gasteiger partial charge in [-0.15, -0.1) is 0 Å². The van der Waals surface area contributed by atoms with Crippen LogP contribution in [0.1, 0.15) is 11.3 Å². The van der Waals surface area contributed by atoms with Gasteiger partial charge in [0.25, 0.3) is 0 Å². The molecule has 0 aliphatic heterocycles. The summed E-state index contributed by atoms with van der Waals surface area (Å²) in [5.74, 6) is 6.71. The van der Waals surface area contributed by atoms with Gasteiger partial charge in [-0.2, -0.15) is 0 Å². The highest BCUT2D eigenvalue weighted by Gasteiger charge is 1.97. The number of hydrogen-bond donors (Lipinski definition) is 3. The maximum Gasteiger partial charge on any atom is 0.142 e. The molecule has 2 aromatic rings. The predicted molar refractivity (Wildman–Crippen MR) is 68.3 cm³/mol. The van der Waals surface area contributed by atoms with Crippen LogP contribution >= 0.6 is 0 Å². The number of anilines is 2. The van der Waals surface area contributed by atoms with E-state index in [1.54, 1.807) is 6.07 Å². The molecule has 0 saturated carbocycles. The van der Waals surface area contributed by atoms with Crippen LogP contribution in [0, 0.1) is 6.92 Å². The second kappa shape index (κ2) is 5.27. The monoisotopic (exact) mass is 229 g/mol. The van der Waals surface area contributed by atoms with Crippen LogP contribution in [-0.2, 0) is 6.54 Å². The van der Waals surface area contributed by atoms with Crippen molar-refractivity contribution in [1.29, 1.82) is 0 Å². The van der Waals surface area contributed by atoms with Gasteiger partial charge in [0, 0.05) is 18.4 Å². The Labute approximate surface area is 100 Å². The molecule has 2 rings (SSSR count). The van der Waals surface area contributed by atoms with Crippen molar-refractivity contribution in [3.63, 3.8) is 0 Å². The highest BCUT2D eigenvalue weighted by Crippen LogP contribution is 2.09. The molecule has 0 saturated heterocycles. The molecule has 88 valence electrons. The summed E-state index contributed by atoms with van der Waals surface area (Å²) in [6.45, 7) is 2.66. The molecule has 0 amide bonds. The normalized spacial score (nSPS) is 10.0. The fourth-order valence-corrected chi connectivity index (χ4v) is 1.41. The van der Waals surface area contributed by atoms with E-state index < -0.39 is 0 Å². The number of nitrogens with one attached hydrogen (secondary N) is 2. The van der Waals surface area contributed by atoms with E-state index in [0.717, 1.165) is 17.1 Å². The maximum atomic E-state index is 5.29. The highest BCUT2D eigenvalue weighted by atomic mass is 15.3. The van der Waals surface area contributed by atoms with Gasteiger partial charge < -0.3 is 10.7 Å².